The molecule has 0 aliphatic carbocycles. The van der Waals surface area contributed by atoms with Crippen LogP contribution in [0.4, 0.5) is 5.82 Å². The summed E-state index contributed by atoms with van der Waals surface area (Å²) < 4.78 is 5.42. The minimum Gasteiger partial charge on any atom is -0.379 e. The quantitative estimate of drug-likeness (QED) is 0.834. The van der Waals surface area contributed by atoms with Crippen molar-refractivity contribution in [2.75, 3.05) is 70.5 Å². The second kappa shape index (κ2) is 7.31. The third-order valence-corrected chi connectivity index (χ3v) is 6.05. The molecule has 130 valence electrons. The van der Waals surface area contributed by atoms with E-state index >= 15 is 0 Å². The first kappa shape index (κ1) is 16.2. The molecule has 4 heterocycles. The molecule has 0 radical (unpaired) electrons. The fourth-order valence-corrected chi connectivity index (χ4v) is 4.41. The maximum absolute atomic E-state index is 5.42. The molecule has 0 saturated carbocycles. The Morgan fingerprint density at radius 3 is 2.46 bits per heavy atom. The molecular weight excluding hydrogens is 322 g/mol. The van der Waals surface area contributed by atoms with E-state index in [0.29, 0.717) is 0 Å². The molecule has 6 nitrogen and oxygen atoms in total. The van der Waals surface area contributed by atoms with Gasteiger partial charge in [0.05, 0.1) is 18.6 Å². The summed E-state index contributed by atoms with van der Waals surface area (Å²) in [5.41, 5.74) is 1.29. The molecule has 2 saturated heterocycles. The number of ether oxygens (including phenoxy) is 1. The predicted octanol–water partition coefficient (Wildman–Crippen LogP) is 1.45. The summed E-state index contributed by atoms with van der Waals surface area (Å²) in [5, 5.41) is 3.42. The lowest BCUT2D eigenvalue weighted by atomic mass is 10.2. The number of morpholine rings is 1. The van der Waals surface area contributed by atoms with Crippen molar-refractivity contribution < 1.29 is 4.74 Å². The van der Waals surface area contributed by atoms with Crippen molar-refractivity contribution in [3.63, 3.8) is 0 Å². The number of rotatable bonds is 4. The lowest BCUT2D eigenvalue weighted by Gasteiger charge is -2.37. The largest absolute Gasteiger partial charge is 0.379 e. The first-order chi connectivity index (χ1) is 11.8. The molecule has 0 spiro atoms. The first-order valence-electron chi connectivity index (χ1n) is 8.77. The summed E-state index contributed by atoms with van der Waals surface area (Å²) in [4.78, 5) is 17.6. The van der Waals surface area contributed by atoms with Gasteiger partial charge in [-0.1, -0.05) is 0 Å². The zero-order chi connectivity index (χ0) is 16.4. The highest BCUT2D eigenvalue weighted by Crippen LogP contribution is 2.31. The van der Waals surface area contributed by atoms with Gasteiger partial charge in [-0.3, -0.25) is 9.80 Å². The van der Waals surface area contributed by atoms with Crippen molar-refractivity contribution in [3.05, 3.63) is 17.3 Å². The van der Waals surface area contributed by atoms with Crippen molar-refractivity contribution in [1.82, 2.24) is 19.8 Å². The summed E-state index contributed by atoms with van der Waals surface area (Å²) in [7, 11) is 0. The summed E-state index contributed by atoms with van der Waals surface area (Å²) in [5.74, 6) is 1.12. The normalized spacial score (nSPS) is 20.8. The Morgan fingerprint density at radius 2 is 1.71 bits per heavy atom. The molecular formula is C17H25N5OS. The van der Waals surface area contributed by atoms with E-state index in [1.807, 2.05) is 0 Å². The first-order valence-corrected chi connectivity index (χ1v) is 9.65. The minimum absolute atomic E-state index is 0.886. The van der Waals surface area contributed by atoms with E-state index in [9.17, 15) is 0 Å². The Labute approximate surface area is 147 Å². The molecule has 2 aromatic rings. The summed E-state index contributed by atoms with van der Waals surface area (Å²) >= 11 is 1.71. The fourth-order valence-electron chi connectivity index (χ4n) is 3.53. The monoisotopic (exact) mass is 347 g/mol. The molecule has 0 aromatic carbocycles. The lowest BCUT2D eigenvalue weighted by Crippen LogP contribution is -2.49. The Morgan fingerprint density at radius 1 is 1.00 bits per heavy atom. The van der Waals surface area contributed by atoms with Crippen LogP contribution in [0, 0.1) is 6.92 Å². The van der Waals surface area contributed by atoms with Crippen molar-refractivity contribution >= 4 is 27.4 Å². The molecule has 24 heavy (non-hydrogen) atoms. The zero-order valence-corrected chi connectivity index (χ0v) is 15.1. The second-order valence-electron chi connectivity index (χ2n) is 6.58. The van der Waals surface area contributed by atoms with Crippen LogP contribution in [0.2, 0.25) is 0 Å². The standard InChI is InChI=1S/C17H25N5OS/c1-14-12-24-17-15(14)16(18-13-19-17)22-6-4-20(5-7-22)2-3-21-8-10-23-11-9-21/h12-13H,2-11H2,1H3. The second-order valence-corrected chi connectivity index (χ2v) is 7.44. The smallest absolute Gasteiger partial charge is 0.141 e. The molecule has 2 aliphatic heterocycles. The van der Waals surface area contributed by atoms with Gasteiger partial charge in [-0.15, -0.1) is 11.3 Å². The average molecular weight is 347 g/mol. The van der Waals surface area contributed by atoms with Gasteiger partial charge < -0.3 is 9.64 Å². The Kier molecular flexibility index (Phi) is 4.93. The van der Waals surface area contributed by atoms with Crippen molar-refractivity contribution in [2.45, 2.75) is 6.92 Å². The van der Waals surface area contributed by atoms with Crippen LogP contribution in [0.5, 0.6) is 0 Å². The summed E-state index contributed by atoms with van der Waals surface area (Å²) in [6.45, 7) is 12.7. The average Bonchev–Trinajstić information content (AvgIpc) is 3.03. The van der Waals surface area contributed by atoms with Gasteiger partial charge in [-0.25, -0.2) is 9.97 Å². The zero-order valence-electron chi connectivity index (χ0n) is 14.3. The Balaban J connectivity index is 1.34. The topological polar surface area (TPSA) is 44.7 Å². The molecule has 2 aromatic heterocycles. The van der Waals surface area contributed by atoms with Crippen LogP contribution in [0.3, 0.4) is 0 Å². The lowest BCUT2D eigenvalue weighted by molar-refractivity contribution is 0.0331. The van der Waals surface area contributed by atoms with E-state index in [1.54, 1.807) is 17.7 Å². The number of aryl methyl sites for hydroxylation is 1. The molecule has 0 amide bonds. The highest BCUT2D eigenvalue weighted by Gasteiger charge is 2.21. The molecule has 2 fully saturated rings. The van der Waals surface area contributed by atoms with Gasteiger partial charge in [0.25, 0.3) is 0 Å². The van der Waals surface area contributed by atoms with E-state index in [-0.39, 0.29) is 0 Å². The van der Waals surface area contributed by atoms with Crippen LogP contribution >= 0.6 is 11.3 Å². The third-order valence-electron chi connectivity index (χ3n) is 5.04. The highest BCUT2D eigenvalue weighted by molar-refractivity contribution is 7.17. The van der Waals surface area contributed by atoms with Crippen LogP contribution in [0.1, 0.15) is 5.56 Å². The number of hydrogen-bond donors (Lipinski definition) is 0. The third kappa shape index (κ3) is 3.39. The maximum atomic E-state index is 5.42. The number of thiophene rings is 1. The van der Waals surface area contributed by atoms with Gasteiger partial charge >= 0.3 is 0 Å². The van der Waals surface area contributed by atoms with Gasteiger partial charge in [-0.05, 0) is 17.9 Å². The number of anilines is 1. The molecule has 7 heteroatoms. The summed E-state index contributed by atoms with van der Waals surface area (Å²) in [6.07, 6.45) is 1.71. The molecule has 0 unspecified atom stereocenters. The SMILES string of the molecule is Cc1csc2ncnc(N3CCN(CCN4CCOCC4)CC3)c12. The van der Waals surface area contributed by atoms with Gasteiger partial charge in [0.2, 0.25) is 0 Å². The number of hydrogen-bond acceptors (Lipinski definition) is 7. The van der Waals surface area contributed by atoms with E-state index < -0.39 is 0 Å². The van der Waals surface area contributed by atoms with Crippen molar-refractivity contribution in [1.29, 1.82) is 0 Å². The van der Waals surface area contributed by atoms with Crippen LogP contribution in [0.25, 0.3) is 10.2 Å². The molecule has 0 bridgehead atoms. The Hall–Kier alpha value is -1.28. The molecule has 0 atom stereocenters. The minimum atomic E-state index is 0.886. The van der Waals surface area contributed by atoms with Gasteiger partial charge in [-0.2, -0.15) is 0 Å². The molecule has 4 rings (SSSR count). The number of fused-ring (bicyclic) bond motifs is 1. The van der Waals surface area contributed by atoms with E-state index in [1.165, 1.54) is 10.9 Å². The Bertz CT molecular complexity index is 677. The van der Waals surface area contributed by atoms with Gasteiger partial charge in [0.15, 0.2) is 0 Å². The summed E-state index contributed by atoms with van der Waals surface area (Å²) in [6, 6.07) is 0. The molecule has 0 N–H and O–H groups in total. The number of nitrogens with zero attached hydrogens (tertiary/aromatic N) is 5. The van der Waals surface area contributed by atoms with Gasteiger partial charge in [0.1, 0.15) is 17.0 Å². The van der Waals surface area contributed by atoms with Crippen LogP contribution in [-0.4, -0.2) is 85.3 Å². The van der Waals surface area contributed by atoms with E-state index in [4.69, 9.17) is 4.74 Å². The van der Waals surface area contributed by atoms with Crippen LogP contribution in [-0.2, 0) is 4.74 Å². The number of aromatic nitrogens is 2. The van der Waals surface area contributed by atoms with Crippen LogP contribution < -0.4 is 4.90 Å². The van der Waals surface area contributed by atoms with Crippen molar-refractivity contribution in [2.24, 2.45) is 0 Å². The van der Waals surface area contributed by atoms with Crippen LogP contribution in [0.15, 0.2) is 11.7 Å². The number of piperazine rings is 1. The van der Waals surface area contributed by atoms with Crippen molar-refractivity contribution in [3.8, 4) is 0 Å². The van der Waals surface area contributed by atoms with Gasteiger partial charge in [0, 0.05) is 52.4 Å². The maximum Gasteiger partial charge on any atom is 0.141 e. The predicted molar refractivity (Wildman–Crippen MR) is 98.1 cm³/mol. The fraction of sp³-hybridized carbons (Fsp3) is 0.647. The molecule has 2 aliphatic rings. The van der Waals surface area contributed by atoms with E-state index in [0.717, 1.165) is 76.2 Å². The highest BCUT2D eigenvalue weighted by atomic mass is 32.1. The van der Waals surface area contributed by atoms with E-state index in [2.05, 4.69) is 37.0 Å².